The van der Waals surface area contributed by atoms with Crippen LogP contribution < -0.4 is 16.0 Å². The molecule has 1 aliphatic heterocycles. The van der Waals surface area contributed by atoms with Crippen molar-refractivity contribution >= 4 is 45.9 Å². The van der Waals surface area contributed by atoms with E-state index < -0.39 is 11.9 Å². The predicted octanol–water partition coefficient (Wildman–Crippen LogP) is 3.46. The van der Waals surface area contributed by atoms with Crippen molar-refractivity contribution in [3.8, 4) is 0 Å². The molecule has 0 saturated heterocycles. The summed E-state index contributed by atoms with van der Waals surface area (Å²) in [6, 6.07) is 11.4. The Kier molecular flexibility index (Phi) is 4.90. The van der Waals surface area contributed by atoms with Gasteiger partial charge in [-0.15, -0.1) is 0 Å². The first-order valence-electron chi connectivity index (χ1n) is 10.3. The van der Waals surface area contributed by atoms with Crippen LogP contribution in [0.1, 0.15) is 46.9 Å². The minimum Gasteiger partial charge on any atom is -0.356 e. The van der Waals surface area contributed by atoms with E-state index in [-0.39, 0.29) is 24.3 Å². The van der Waals surface area contributed by atoms with E-state index in [2.05, 4.69) is 20.9 Å². The third kappa shape index (κ3) is 3.65. The highest BCUT2D eigenvalue weighted by Gasteiger charge is 2.31. The van der Waals surface area contributed by atoms with E-state index in [1.807, 2.05) is 18.2 Å². The lowest BCUT2D eigenvalue weighted by molar-refractivity contribution is -0.126. The number of halogens is 1. The van der Waals surface area contributed by atoms with E-state index >= 15 is 0 Å². The molecule has 1 aliphatic carbocycles. The molecule has 7 nitrogen and oxygen atoms in total. The largest absolute Gasteiger partial charge is 0.356 e. The molecule has 2 heterocycles. The predicted molar refractivity (Wildman–Crippen MR) is 118 cm³/mol. The summed E-state index contributed by atoms with van der Waals surface area (Å²) in [6.07, 6.45) is 2.52. The molecular formula is C23H21ClN4O3. The van der Waals surface area contributed by atoms with Gasteiger partial charge in [0, 0.05) is 21.6 Å². The molecule has 3 amide bonds. The maximum atomic E-state index is 12.8. The summed E-state index contributed by atoms with van der Waals surface area (Å²) in [5.41, 5.74) is 3.97. The van der Waals surface area contributed by atoms with Gasteiger partial charge in [0.15, 0.2) is 0 Å². The van der Waals surface area contributed by atoms with E-state index in [1.54, 1.807) is 24.3 Å². The second kappa shape index (κ2) is 7.74. The summed E-state index contributed by atoms with van der Waals surface area (Å²) in [5.74, 6) is -1.07. The van der Waals surface area contributed by atoms with Gasteiger partial charge in [0.05, 0.1) is 23.7 Å². The Balaban J connectivity index is 1.32. The number of fused-ring (bicyclic) bond motifs is 4. The number of carbonyl (C=O) groups is 3. The number of para-hydroxylation sites is 1. The maximum absolute atomic E-state index is 12.8. The summed E-state index contributed by atoms with van der Waals surface area (Å²) < 4.78 is 0. The number of carbonyl (C=O) groups excluding carboxylic acids is 3. The Morgan fingerprint density at radius 2 is 2.00 bits per heavy atom. The van der Waals surface area contributed by atoms with Crippen LogP contribution in [0.2, 0.25) is 5.02 Å². The Morgan fingerprint density at radius 1 is 1.16 bits per heavy atom. The lowest BCUT2D eigenvalue weighted by Crippen LogP contribution is -2.45. The fourth-order valence-corrected chi connectivity index (χ4v) is 4.65. The Labute approximate surface area is 183 Å². The van der Waals surface area contributed by atoms with Crippen molar-refractivity contribution in [2.75, 3.05) is 5.32 Å². The molecule has 0 bridgehead atoms. The van der Waals surface area contributed by atoms with Crippen LogP contribution in [0.15, 0.2) is 42.5 Å². The minimum atomic E-state index is -0.940. The summed E-state index contributed by atoms with van der Waals surface area (Å²) in [6.45, 7) is 0. The van der Waals surface area contributed by atoms with Crippen LogP contribution in [0, 0.1) is 0 Å². The lowest BCUT2D eigenvalue weighted by atomic mass is 9.91. The normalized spacial score (nSPS) is 20.3. The van der Waals surface area contributed by atoms with Crippen LogP contribution in [-0.4, -0.2) is 28.7 Å². The first-order valence-corrected chi connectivity index (χ1v) is 10.7. The Bertz CT molecular complexity index is 1220. The highest BCUT2D eigenvalue weighted by atomic mass is 35.5. The SMILES string of the molecule is O=C(C[C@@H]1NC(=O)c2ccccc2NC1=O)NC1CCCc2c1[nH]c1ccc(Cl)cc21. The fraction of sp³-hybridized carbons (Fsp3) is 0.261. The van der Waals surface area contributed by atoms with Gasteiger partial charge in [0.25, 0.3) is 5.91 Å². The number of amides is 3. The third-order valence-corrected chi connectivity index (χ3v) is 6.18. The highest BCUT2D eigenvalue weighted by molar-refractivity contribution is 6.31. The molecule has 3 aromatic rings. The minimum absolute atomic E-state index is 0.135. The van der Waals surface area contributed by atoms with Gasteiger partial charge < -0.3 is 20.9 Å². The monoisotopic (exact) mass is 436 g/mol. The van der Waals surface area contributed by atoms with Crippen molar-refractivity contribution in [2.24, 2.45) is 0 Å². The van der Waals surface area contributed by atoms with Crippen LogP contribution in [0.4, 0.5) is 5.69 Å². The first kappa shape index (κ1) is 19.6. The summed E-state index contributed by atoms with van der Waals surface area (Å²) in [7, 11) is 0. The molecule has 0 fully saturated rings. The number of hydrogen-bond acceptors (Lipinski definition) is 3. The van der Waals surface area contributed by atoms with Gasteiger partial charge in [-0.1, -0.05) is 23.7 Å². The van der Waals surface area contributed by atoms with Crippen molar-refractivity contribution in [1.29, 1.82) is 0 Å². The number of hydrogen-bond donors (Lipinski definition) is 4. The topological polar surface area (TPSA) is 103 Å². The zero-order chi connectivity index (χ0) is 21.5. The molecule has 31 heavy (non-hydrogen) atoms. The van der Waals surface area contributed by atoms with Gasteiger partial charge in [0.1, 0.15) is 6.04 Å². The van der Waals surface area contributed by atoms with E-state index in [0.717, 1.165) is 35.9 Å². The molecule has 2 atom stereocenters. The van der Waals surface area contributed by atoms with Crippen LogP contribution >= 0.6 is 11.6 Å². The van der Waals surface area contributed by atoms with E-state index in [4.69, 9.17) is 11.6 Å². The molecule has 5 rings (SSSR count). The number of benzene rings is 2. The molecule has 1 unspecified atom stereocenters. The molecule has 4 N–H and O–H groups in total. The number of aromatic amines is 1. The van der Waals surface area contributed by atoms with Gasteiger partial charge in [0.2, 0.25) is 11.8 Å². The van der Waals surface area contributed by atoms with Crippen LogP contribution in [0.25, 0.3) is 10.9 Å². The van der Waals surface area contributed by atoms with E-state index in [9.17, 15) is 14.4 Å². The zero-order valence-electron chi connectivity index (χ0n) is 16.6. The van der Waals surface area contributed by atoms with E-state index in [0.29, 0.717) is 16.3 Å². The third-order valence-electron chi connectivity index (χ3n) is 5.95. The molecule has 1 aromatic heterocycles. The smallest absolute Gasteiger partial charge is 0.254 e. The molecule has 2 aromatic carbocycles. The molecule has 8 heteroatoms. The summed E-state index contributed by atoms with van der Waals surface area (Å²) in [5, 5.41) is 10.2. The van der Waals surface area contributed by atoms with Crippen LogP contribution in [-0.2, 0) is 16.0 Å². The molecular weight excluding hydrogens is 416 g/mol. The second-order valence-electron chi connectivity index (χ2n) is 7.98. The van der Waals surface area contributed by atoms with Crippen molar-refractivity contribution in [3.63, 3.8) is 0 Å². The fourth-order valence-electron chi connectivity index (χ4n) is 4.47. The van der Waals surface area contributed by atoms with Gasteiger partial charge in [-0.05, 0) is 55.2 Å². The first-order chi connectivity index (χ1) is 15.0. The number of anilines is 1. The number of H-pyrrole nitrogens is 1. The maximum Gasteiger partial charge on any atom is 0.254 e. The average Bonchev–Trinajstić information content (AvgIpc) is 3.07. The Morgan fingerprint density at radius 3 is 2.87 bits per heavy atom. The van der Waals surface area contributed by atoms with Crippen molar-refractivity contribution in [3.05, 3.63) is 64.3 Å². The van der Waals surface area contributed by atoms with Gasteiger partial charge in [-0.2, -0.15) is 0 Å². The molecule has 2 aliphatic rings. The molecule has 0 saturated carbocycles. The van der Waals surface area contributed by atoms with E-state index in [1.165, 1.54) is 5.56 Å². The number of aryl methyl sites for hydroxylation is 1. The van der Waals surface area contributed by atoms with Crippen LogP contribution in [0.3, 0.4) is 0 Å². The number of rotatable bonds is 3. The van der Waals surface area contributed by atoms with Gasteiger partial charge >= 0.3 is 0 Å². The van der Waals surface area contributed by atoms with Crippen LogP contribution in [0.5, 0.6) is 0 Å². The standard InChI is InChI=1S/C23H21ClN4O3/c24-12-8-9-17-15(10-12)13-5-3-7-18(21(13)26-17)25-20(29)11-19-23(31)27-16-6-2-1-4-14(16)22(30)28-19/h1-2,4,6,8-10,18-19,26H,3,5,7,11H2,(H,25,29)(H,27,31)(H,28,30)/t18?,19-/m0/s1. The second-order valence-corrected chi connectivity index (χ2v) is 8.42. The van der Waals surface area contributed by atoms with Crippen molar-refractivity contribution in [1.82, 2.24) is 15.6 Å². The summed E-state index contributed by atoms with van der Waals surface area (Å²) >= 11 is 6.16. The quantitative estimate of drug-likeness (QED) is 0.505. The number of nitrogens with one attached hydrogen (secondary N) is 4. The zero-order valence-corrected chi connectivity index (χ0v) is 17.4. The number of aromatic nitrogens is 1. The van der Waals surface area contributed by atoms with Gasteiger partial charge in [-0.25, -0.2) is 0 Å². The van der Waals surface area contributed by atoms with Crippen molar-refractivity contribution < 1.29 is 14.4 Å². The molecule has 158 valence electrons. The average molecular weight is 437 g/mol. The van der Waals surface area contributed by atoms with Crippen molar-refractivity contribution in [2.45, 2.75) is 37.8 Å². The molecule has 0 radical (unpaired) electrons. The highest BCUT2D eigenvalue weighted by Crippen LogP contribution is 2.35. The lowest BCUT2D eigenvalue weighted by Gasteiger charge is -2.24. The summed E-state index contributed by atoms with van der Waals surface area (Å²) in [4.78, 5) is 41.3. The van der Waals surface area contributed by atoms with Gasteiger partial charge in [-0.3, -0.25) is 14.4 Å². The Hall–Kier alpha value is -3.32. The molecule has 0 spiro atoms.